The number of nitrogens with one attached hydrogen (secondary N) is 2. The van der Waals surface area contributed by atoms with E-state index in [1.54, 1.807) is 41.4 Å². The molecule has 6 aromatic rings. The van der Waals surface area contributed by atoms with E-state index in [1.807, 2.05) is 61.5 Å². The van der Waals surface area contributed by atoms with Crippen LogP contribution in [0.5, 0.6) is 0 Å². The fraction of sp³-hybridized carbons (Fsp3) is 0.244. The summed E-state index contributed by atoms with van der Waals surface area (Å²) in [7, 11) is 0. The van der Waals surface area contributed by atoms with Crippen molar-refractivity contribution in [2.45, 2.75) is 26.2 Å². The summed E-state index contributed by atoms with van der Waals surface area (Å²) in [6.45, 7) is 5.61. The lowest BCUT2D eigenvalue weighted by molar-refractivity contribution is -0.000511. The lowest BCUT2D eigenvalue weighted by atomic mass is 9.73. The zero-order chi connectivity index (χ0) is 35.4. The second kappa shape index (κ2) is 12.6. The number of rotatable bonds is 6. The van der Waals surface area contributed by atoms with Gasteiger partial charge in [-0.3, -0.25) is 14.4 Å². The molecule has 0 saturated carbocycles. The largest absolute Gasteiger partial charge is 0.452 e. The maximum Gasteiger partial charge on any atom is 0.263 e. The molecule has 0 aliphatic carbocycles. The van der Waals surface area contributed by atoms with E-state index in [-0.39, 0.29) is 34.6 Å². The van der Waals surface area contributed by atoms with E-state index in [0.717, 1.165) is 61.4 Å². The molecule has 9 rings (SSSR count). The predicted molar refractivity (Wildman–Crippen MR) is 197 cm³/mol. The number of furan rings is 1. The number of H-pyrrole nitrogens is 1. The van der Waals surface area contributed by atoms with Crippen LogP contribution in [-0.4, -0.2) is 65.4 Å². The van der Waals surface area contributed by atoms with E-state index in [4.69, 9.17) is 9.15 Å². The molecule has 260 valence electrons. The smallest absolute Gasteiger partial charge is 0.263 e. The predicted octanol–water partition coefficient (Wildman–Crippen LogP) is 6.83. The van der Waals surface area contributed by atoms with Gasteiger partial charge in [0.1, 0.15) is 11.6 Å². The third-order valence-corrected chi connectivity index (χ3v) is 10.5. The number of hydrogen-bond donors (Lipinski definition) is 2. The Morgan fingerprint density at radius 2 is 1.69 bits per heavy atom. The SMILES string of the molecule is Cc1cnc(N2CC3(CCOCC3)C2)c(C(=O)Nc2ccc(C(=O)N3CCc4cc(C(=O)c5nc6ccccc6[nH]5)oc4-c4ccccc43)cc2)c1. The van der Waals surface area contributed by atoms with Gasteiger partial charge in [-0.2, -0.15) is 0 Å². The third-order valence-electron chi connectivity index (χ3n) is 10.5. The molecule has 3 aromatic heterocycles. The van der Waals surface area contributed by atoms with Crippen molar-refractivity contribution < 1.29 is 23.5 Å². The molecular formula is C41H36N6O5. The van der Waals surface area contributed by atoms with Crippen molar-refractivity contribution in [2.75, 3.05) is 48.0 Å². The fourth-order valence-corrected chi connectivity index (χ4v) is 7.66. The Hall–Kier alpha value is -6.07. The average molecular weight is 693 g/mol. The molecule has 0 unspecified atom stereocenters. The van der Waals surface area contributed by atoms with Crippen LogP contribution in [0.2, 0.25) is 0 Å². The second-order valence-electron chi connectivity index (χ2n) is 14.0. The summed E-state index contributed by atoms with van der Waals surface area (Å²) in [5.41, 5.74) is 6.47. The molecule has 11 heteroatoms. The monoisotopic (exact) mass is 692 g/mol. The number of benzene rings is 3. The number of hydrogen-bond acceptors (Lipinski definition) is 8. The number of ketones is 1. The third kappa shape index (κ3) is 5.63. The van der Waals surface area contributed by atoms with Gasteiger partial charge in [0.25, 0.3) is 17.6 Å². The lowest BCUT2D eigenvalue weighted by Gasteiger charge is -2.53. The summed E-state index contributed by atoms with van der Waals surface area (Å²) in [6, 6.07) is 25.6. The van der Waals surface area contributed by atoms with Gasteiger partial charge >= 0.3 is 0 Å². The minimum Gasteiger partial charge on any atom is -0.452 e. The average Bonchev–Trinajstić information content (AvgIpc) is 3.76. The molecule has 0 radical (unpaired) electrons. The lowest BCUT2D eigenvalue weighted by Crippen LogP contribution is -2.59. The Morgan fingerprint density at radius 1 is 0.923 bits per heavy atom. The first kappa shape index (κ1) is 31.9. The Balaban J connectivity index is 0.918. The highest BCUT2D eigenvalue weighted by atomic mass is 16.5. The number of anilines is 3. The number of aryl methyl sites for hydroxylation is 1. The summed E-state index contributed by atoms with van der Waals surface area (Å²) in [5, 5.41) is 3.02. The molecule has 3 aromatic carbocycles. The van der Waals surface area contributed by atoms with Crippen LogP contribution in [0, 0.1) is 12.3 Å². The zero-order valence-corrected chi connectivity index (χ0v) is 28.6. The molecular weight excluding hydrogens is 656 g/mol. The van der Waals surface area contributed by atoms with Gasteiger partial charge in [-0.15, -0.1) is 0 Å². The van der Waals surface area contributed by atoms with Gasteiger partial charge in [-0.1, -0.05) is 24.3 Å². The highest BCUT2D eigenvalue weighted by molar-refractivity contribution is 6.11. The topological polar surface area (TPSA) is 134 Å². The molecule has 0 atom stereocenters. The maximum atomic E-state index is 14.0. The van der Waals surface area contributed by atoms with E-state index in [0.29, 0.717) is 52.6 Å². The second-order valence-corrected chi connectivity index (χ2v) is 14.0. The van der Waals surface area contributed by atoms with Crippen molar-refractivity contribution in [3.63, 3.8) is 0 Å². The van der Waals surface area contributed by atoms with E-state index in [1.165, 1.54) is 0 Å². The van der Waals surface area contributed by atoms with Crippen LogP contribution in [-0.2, 0) is 11.2 Å². The van der Waals surface area contributed by atoms with Crippen LogP contribution in [0.4, 0.5) is 17.2 Å². The standard InChI is InChI=1S/C41H36N6O5/c1-25-20-30(38(42-22-25)46-23-41(24-46)15-18-51-19-16-41)39(49)43-28-12-10-26(11-13-28)40(50)47-17-14-27-21-34(52-36(27)29-6-2-5-9-33(29)47)35(48)37-44-31-7-3-4-8-32(31)45-37/h2-13,20-22H,14-19,23-24H2,1H3,(H,43,49)(H,44,45). The molecule has 0 bridgehead atoms. The Labute approximate surface area is 299 Å². The molecule has 11 nitrogen and oxygen atoms in total. The van der Waals surface area contributed by atoms with Crippen molar-refractivity contribution in [1.82, 2.24) is 15.0 Å². The first-order chi connectivity index (χ1) is 25.3. The number of fused-ring (bicyclic) bond motifs is 4. The Bertz CT molecular complexity index is 2330. The number of aromatic amines is 1. The van der Waals surface area contributed by atoms with E-state index in [9.17, 15) is 14.4 Å². The van der Waals surface area contributed by atoms with Crippen molar-refractivity contribution in [3.05, 3.63) is 125 Å². The zero-order valence-electron chi connectivity index (χ0n) is 28.6. The van der Waals surface area contributed by atoms with Crippen LogP contribution in [0.25, 0.3) is 22.4 Å². The number of carbonyl (C=O) groups is 3. The van der Waals surface area contributed by atoms with Crippen LogP contribution in [0.15, 0.2) is 95.5 Å². The van der Waals surface area contributed by atoms with Crippen molar-refractivity contribution in [3.8, 4) is 11.3 Å². The van der Waals surface area contributed by atoms with Crippen LogP contribution >= 0.6 is 0 Å². The molecule has 2 saturated heterocycles. The highest BCUT2D eigenvalue weighted by Crippen LogP contribution is 2.43. The van der Waals surface area contributed by atoms with Crippen molar-refractivity contribution in [1.29, 1.82) is 0 Å². The number of carbonyl (C=O) groups excluding carboxylic acids is 3. The summed E-state index contributed by atoms with van der Waals surface area (Å²) in [5.74, 6) is 0.904. The first-order valence-electron chi connectivity index (χ1n) is 17.6. The Morgan fingerprint density at radius 3 is 2.50 bits per heavy atom. The number of nitrogens with zero attached hydrogens (tertiary/aromatic N) is 4. The molecule has 2 fully saturated rings. The van der Waals surface area contributed by atoms with Gasteiger partial charge in [-0.05, 0) is 92.4 Å². The first-order valence-corrected chi connectivity index (χ1v) is 17.6. The van der Waals surface area contributed by atoms with Gasteiger partial charge in [0.2, 0.25) is 0 Å². The fourth-order valence-electron chi connectivity index (χ4n) is 7.66. The number of aromatic nitrogens is 3. The Kier molecular flexibility index (Phi) is 7.73. The van der Waals surface area contributed by atoms with Gasteiger partial charge < -0.3 is 29.3 Å². The number of amides is 2. The van der Waals surface area contributed by atoms with Gasteiger partial charge in [0.05, 0.1) is 22.3 Å². The molecule has 3 aliphatic rings. The normalized spacial score (nSPS) is 16.2. The number of ether oxygens (including phenoxy) is 1. The van der Waals surface area contributed by atoms with E-state index >= 15 is 0 Å². The van der Waals surface area contributed by atoms with E-state index < -0.39 is 0 Å². The van der Waals surface area contributed by atoms with E-state index in [2.05, 4.69) is 25.2 Å². The molecule has 52 heavy (non-hydrogen) atoms. The number of imidazole rings is 1. The van der Waals surface area contributed by atoms with Crippen molar-refractivity contribution >= 4 is 45.8 Å². The summed E-state index contributed by atoms with van der Waals surface area (Å²) in [4.78, 5) is 57.2. The molecule has 2 amide bonds. The minimum atomic E-state index is -0.333. The van der Waals surface area contributed by atoms with Gasteiger partial charge in [-0.25, -0.2) is 9.97 Å². The summed E-state index contributed by atoms with van der Waals surface area (Å²) in [6.07, 6.45) is 4.34. The van der Waals surface area contributed by atoms with Crippen molar-refractivity contribution in [2.24, 2.45) is 5.41 Å². The highest BCUT2D eigenvalue weighted by Gasteiger charge is 2.45. The summed E-state index contributed by atoms with van der Waals surface area (Å²) >= 11 is 0. The minimum absolute atomic E-state index is 0.181. The summed E-state index contributed by atoms with van der Waals surface area (Å²) < 4.78 is 11.8. The van der Waals surface area contributed by atoms with Crippen LogP contribution < -0.4 is 15.1 Å². The number of pyridine rings is 1. The maximum absolute atomic E-state index is 14.0. The quantitative estimate of drug-likeness (QED) is 0.182. The molecule has 3 aliphatic heterocycles. The van der Waals surface area contributed by atoms with Gasteiger partial charge in [0.15, 0.2) is 11.6 Å². The molecule has 1 spiro atoms. The molecule has 6 heterocycles. The van der Waals surface area contributed by atoms with Gasteiger partial charge in [0, 0.05) is 66.8 Å². The van der Waals surface area contributed by atoms with Crippen LogP contribution in [0.1, 0.15) is 61.1 Å². The molecule has 2 N–H and O–H groups in total. The van der Waals surface area contributed by atoms with Crippen LogP contribution in [0.3, 0.4) is 0 Å². The number of para-hydroxylation sites is 3.